The summed E-state index contributed by atoms with van der Waals surface area (Å²) in [6, 6.07) is 5.65. The molecule has 118 valence electrons. The first-order chi connectivity index (χ1) is 10.4. The highest BCUT2D eigenvalue weighted by Gasteiger charge is 2.23. The lowest BCUT2D eigenvalue weighted by Gasteiger charge is -2.33. The molecule has 1 fully saturated rings. The van der Waals surface area contributed by atoms with Gasteiger partial charge in [0.1, 0.15) is 0 Å². The van der Waals surface area contributed by atoms with Crippen molar-refractivity contribution in [3.05, 3.63) is 40.4 Å². The molecule has 1 aromatic heterocycles. The summed E-state index contributed by atoms with van der Waals surface area (Å²) in [5.41, 5.74) is 1.56. The zero-order valence-electron chi connectivity index (χ0n) is 12.3. The largest absolute Gasteiger partial charge is 0.313 e. The second kappa shape index (κ2) is 5.79. The molecule has 3 rings (SSSR count). The molecule has 1 N–H and O–H groups in total. The molecule has 8 heteroatoms. The highest BCUT2D eigenvalue weighted by atomic mass is 32.2. The molecule has 1 aliphatic rings. The highest BCUT2D eigenvalue weighted by Crippen LogP contribution is 2.14. The molecular formula is C14H18N4O3S. The van der Waals surface area contributed by atoms with Gasteiger partial charge in [-0.25, -0.2) is 13.4 Å². The molecule has 1 saturated heterocycles. The van der Waals surface area contributed by atoms with E-state index in [1.807, 2.05) is 18.2 Å². The quantitative estimate of drug-likeness (QED) is 0.859. The summed E-state index contributed by atoms with van der Waals surface area (Å²) in [7, 11) is -3.10. The molecule has 0 aliphatic carbocycles. The van der Waals surface area contributed by atoms with Crippen LogP contribution >= 0.6 is 0 Å². The number of fused-ring (bicyclic) bond motifs is 1. The average Bonchev–Trinajstić information content (AvgIpc) is 2.48. The van der Waals surface area contributed by atoms with E-state index in [0.29, 0.717) is 43.6 Å². The number of piperazine rings is 1. The summed E-state index contributed by atoms with van der Waals surface area (Å²) < 4.78 is 24.5. The van der Waals surface area contributed by atoms with E-state index in [1.165, 1.54) is 16.9 Å². The van der Waals surface area contributed by atoms with Gasteiger partial charge in [0.15, 0.2) is 0 Å². The Morgan fingerprint density at radius 1 is 1.23 bits per heavy atom. The van der Waals surface area contributed by atoms with Crippen LogP contribution in [0.5, 0.6) is 0 Å². The van der Waals surface area contributed by atoms with Crippen LogP contribution in [-0.2, 0) is 16.6 Å². The summed E-state index contributed by atoms with van der Waals surface area (Å²) in [6.45, 7) is 3.09. The topological polar surface area (TPSA) is 86.4 Å². The van der Waals surface area contributed by atoms with Gasteiger partial charge >= 0.3 is 0 Å². The summed E-state index contributed by atoms with van der Waals surface area (Å²) in [6.07, 6.45) is 2.64. The van der Waals surface area contributed by atoms with E-state index in [0.717, 1.165) is 5.56 Å². The van der Waals surface area contributed by atoms with Crippen molar-refractivity contribution in [1.82, 2.24) is 19.2 Å². The van der Waals surface area contributed by atoms with Gasteiger partial charge in [0.2, 0.25) is 10.0 Å². The van der Waals surface area contributed by atoms with Crippen LogP contribution in [0.2, 0.25) is 0 Å². The standard InChI is InChI=1S/C14H18N4O3S/c1-22(20,21)18-6-4-17(5-7-18)9-11-2-3-13-12(8-11)14(19)16-10-15-13/h2-3,8,10H,4-7,9H2,1H3,(H,15,16,19). The first-order valence-electron chi connectivity index (χ1n) is 7.07. The summed E-state index contributed by atoms with van der Waals surface area (Å²) in [5, 5.41) is 0.578. The van der Waals surface area contributed by atoms with Crippen LogP contribution < -0.4 is 5.56 Å². The smallest absolute Gasteiger partial charge is 0.258 e. The van der Waals surface area contributed by atoms with E-state index in [1.54, 1.807) is 0 Å². The van der Waals surface area contributed by atoms with Crippen LogP contribution in [0.25, 0.3) is 10.9 Å². The maximum absolute atomic E-state index is 11.8. The highest BCUT2D eigenvalue weighted by molar-refractivity contribution is 7.88. The van der Waals surface area contributed by atoms with Crippen LogP contribution in [-0.4, -0.2) is 60.0 Å². The van der Waals surface area contributed by atoms with Crippen molar-refractivity contribution < 1.29 is 8.42 Å². The minimum Gasteiger partial charge on any atom is -0.313 e. The lowest BCUT2D eigenvalue weighted by atomic mass is 10.1. The Morgan fingerprint density at radius 3 is 2.64 bits per heavy atom. The molecule has 2 aromatic rings. The van der Waals surface area contributed by atoms with Gasteiger partial charge in [0.25, 0.3) is 5.56 Å². The predicted molar refractivity (Wildman–Crippen MR) is 84.1 cm³/mol. The fourth-order valence-corrected chi connectivity index (χ4v) is 3.52. The van der Waals surface area contributed by atoms with Gasteiger partial charge in [-0.3, -0.25) is 9.69 Å². The third kappa shape index (κ3) is 3.18. The second-order valence-electron chi connectivity index (χ2n) is 5.52. The molecule has 0 radical (unpaired) electrons. The molecule has 2 heterocycles. The number of hydrogen-bond donors (Lipinski definition) is 1. The molecule has 22 heavy (non-hydrogen) atoms. The van der Waals surface area contributed by atoms with E-state index >= 15 is 0 Å². The maximum atomic E-state index is 11.8. The molecule has 0 amide bonds. The lowest BCUT2D eigenvalue weighted by Crippen LogP contribution is -2.47. The van der Waals surface area contributed by atoms with Gasteiger partial charge in [0, 0.05) is 32.7 Å². The molecular weight excluding hydrogens is 304 g/mol. The van der Waals surface area contributed by atoms with Gasteiger partial charge in [-0.1, -0.05) is 6.07 Å². The number of nitrogens with zero attached hydrogens (tertiary/aromatic N) is 3. The molecule has 0 bridgehead atoms. The van der Waals surface area contributed by atoms with Crippen molar-refractivity contribution in [2.45, 2.75) is 6.54 Å². The van der Waals surface area contributed by atoms with Gasteiger partial charge in [0.05, 0.1) is 23.5 Å². The number of aromatic amines is 1. The van der Waals surface area contributed by atoms with Crippen LogP contribution in [0.15, 0.2) is 29.3 Å². The third-order valence-electron chi connectivity index (χ3n) is 3.91. The maximum Gasteiger partial charge on any atom is 0.258 e. The minimum atomic E-state index is -3.10. The molecule has 0 saturated carbocycles. The number of aromatic nitrogens is 2. The Kier molecular flexibility index (Phi) is 3.98. The number of sulfonamides is 1. The Hall–Kier alpha value is -1.77. The number of hydrogen-bond acceptors (Lipinski definition) is 5. The molecule has 0 spiro atoms. The fourth-order valence-electron chi connectivity index (χ4n) is 2.69. The van der Waals surface area contributed by atoms with Crippen molar-refractivity contribution in [1.29, 1.82) is 0 Å². The second-order valence-corrected chi connectivity index (χ2v) is 7.50. The van der Waals surface area contributed by atoms with Crippen molar-refractivity contribution in [2.75, 3.05) is 32.4 Å². The van der Waals surface area contributed by atoms with Crippen molar-refractivity contribution in [2.24, 2.45) is 0 Å². The van der Waals surface area contributed by atoms with Gasteiger partial charge in [-0.05, 0) is 17.7 Å². The zero-order valence-corrected chi connectivity index (χ0v) is 13.1. The first kappa shape index (κ1) is 15.1. The minimum absolute atomic E-state index is 0.145. The van der Waals surface area contributed by atoms with Gasteiger partial charge in [-0.15, -0.1) is 0 Å². The summed E-state index contributed by atoms with van der Waals surface area (Å²) in [5.74, 6) is 0. The molecule has 1 aromatic carbocycles. The van der Waals surface area contributed by atoms with Crippen LogP contribution in [0, 0.1) is 0 Å². The number of H-pyrrole nitrogens is 1. The van der Waals surface area contributed by atoms with E-state index < -0.39 is 10.0 Å². The Labute approximate surface area is 128 Å². The number of rotatable bonds is 3. The van der Waals surface area contributed by atoms with Crippen molar-refractivity contribution in [3.8, 4) is 0 Å². The molecule has 0 atom stereocenters. The third-order valence-corrected chi connectivity index (χ3v) is 5.21. The van der Waals surface area contributed by atoms with Crippen molar-refractivity contribution in [3.63, 3.8) is 0 Å². The Morgan fingerprint density at radius 2 is 1.95 bits per heavy atom. The Balaban J connectivity index is 1.72. The van der Waals surface area contributed by atoms with Gasteiger partial charge < -0.3 is 4.98 Å². The number of benzene rings is 1. The summed E-state index contributed by atoms with van der Waals surface area (Å²) in [4.78, 5) is 20.7. The monoisotopic (exact) mass is 322 g/mol. The van der Waals surface area contributed by atoms with E-state index in [4.69, 9.17) is 0 Å². The summed E-state index contributed by atoms with van der Waals surface area (Å²) >= 11 is 0. The van der Waals surface area contributed by atoms with E-state index in [9.17, 15) is 13.2 Å². The molecule has 1 aliphatic heterocycles. The van der Waals surface area contributed by atoms with Crippen molar-refractivity contribution >= 4 is 20.9 Å². The average molecular weight is 322 g/mol. The van der Waals surface area contributed by atoms with E-state index in [2.05, 4.69) is 14.9 Å². The molecule has 0 unspecified atom stereocenters. The van der Waals surface area contributed by atoms with Crippen LogP contribution in [0.3, 0.4) is 0 Å². The first-order valence-corrected chi connectivity index (χ1v) is 8.92. The molecule has 7 nitrogen and oxygen atoms in total. The van der Waals surface area contributed by atoms with Crippen LogP contribution in [0.1, 0.15) is 5.56 Å². The van der Waals surface area contributed by atoms with Crippen LogP contribution in [0.4, 0.5) is 0 Å². The lowest BCUT2D eigenvalue weighted by molar-refractivity contribution is 0.182. The normalized spacial score (nSPS) is 17.9. The van der Waals surface area contributed by atoms with Gasteiger partial charge in [-0.2, -0.15) is 4.31 Å². The SMILES string of the molecule is CS(=O)(=O)N1CCN(Cc2ccc3nc[nH]c(=O)c3c2)CC1. The number of nitrogens with one attached hydrogen (secondary N) is 1. The zero-order chi connectivity index (χ0) is 15.7. The fraction of sp³-hybridized carbons (Fsp3) is 0.429. The van der Waals surface area contributed by atoms with E-state index in [-0.39, 0.29) is 5.56 Å². The Bertz CT molecular complexity index is 839. The predicted octanol–water partition coefficient (Wildman–Crippen LogP) is 0.000300.